The molecule has 3 amide bonds. The van der Waals surface area contributed by atoms with Gasteiger partial charge in [-0.25, -0.2) is 24.2 Å². The predicted octanol–water partition coefficient (Wildman–Crippen LogP) is -0.549. The Bertz CT molecular complexity index is 1470. The van der Waals surface area contributed by atoms with Crippen LogP contribution in [0.15, 0.2) is 33.8 Å². The maximum Gasteiger partial charge on any atom is 0.407 e. The summed E-state index contributed by atoms with van der Waals surface area (Å²) in [4.78, 5) is 64.0. The Hall–Kier alpha value is -4.46. The van der Waals surface area contributed by atoms with E-state index in [1.165, 1.54) is 47.6 Å². The number of rotatable bonds is 11. The molecule has 1 saturated heterocycles. The van der Waals surface area contributed by atoms with E-state index in [0.717, 1.165) is 4.90 Å². The number of thioether (sulfide) groups is 2. The summed E-state index contributed by atoms with van der Waals surface area (Å²) in [6, 6.07) is 0.409. The molecule has 2 aliphatic rings. The van der Waals surface area contributed by atoms with Crippen molar-refractivity contribution in [3.8, 4) is 0 Å². The summed E-state index contributed by atoms with van der Waals surface area (Å²) >= 11 is 2.48. The van der Waals surface area contributed by atoms with Crippen LogP contribution < -0.4 is 16.4 Å². The highest BCUT2D eigenvalue weighted by Gasteiger charge is 2.54. The van der Waals surface area contributed by atoms with Gasteiger partial charge in [0.2, 0.25) is 10.9 Å². The molecule has 230 valence electrons. The topological polar surface area (TPSA) is 242 Å². The van der Waals surface area contributed by atoms with E-state index in [0.29, 0.717) is 10.7 Å². The molecule has 18 nitrogen and oxygen atoms in total. The molecule has 0 saturated carbocycles. The Morgan fingerprint density at radius 2 is 2.09 bits per heavy atom. The molecule has 0 bridgehead atoms. The van der Waals surface area contributed by atoms with Crippen LogP contribution in [-0.2, 0) is 30.5 Å². The lowest BCUT2D eigenvalue weighted by molar-refractivity contribution is -0.150. The highest BCUT2D eigenvalue weighted by Crippen LogP contribution is 2.41. The number of oxime groups is 1. The van der Waals surface area contributed by atoms with E-state index < -0.39 is 40.9 Å². The third-order valence-corrected chi connectivity index (χ3v) is 8.07. The van der Waals surface area contributed by atoms with Crippen LogP contribution in [0.3, 0.4) is 0 Å². The Morgan fingerprint density at radius 1 is 1.33 bits per heavy atom. The maximum absolute atomic E-state index is 13.1. The lowest BCUT2D eigenvalue weighted by atomic mass is 10.0. The minimum atomic E-state index is -1.28. The zero-order chi connectivity index (χ0) is 31.3. The van der Waals surface area contributed by atoms with Crippen molar-refractivity contribution in [2.75, 3.05) is 30.9 Å². The van der Waals surface area contributed by atoms with Crippen LogP contribution in [-0.4, -0.2) is 112 Å². The van der Waals surface area contributed by atoms with Crippen LogP contribution in [0, 0.1) is 0 Å². The first-order valence-corrected chi connectivity index (χ1v) is 14.7. The minimum Gasteiger partial charge on any atom is -0.477 e. The van der Waals surface area contributed by atoms with Gasteiger partial charge < -0.3 is 31.0 Å². The van der Waals surface area contributed by atoms with Gasteiger partial charge in [0.15, 0.2) is 5.82 Å². The van der Waals surface area contributed by atoms with E-state index in [-0.39, 0.29) is 47.6 Å². The second kappa shape index (κ2) is 13.2. The average molecular weight is 636 g/mol. The van der Waals surface area contributed by atoms with Crippen molar-refractivity contribution in [2.45, 2.75) is 49.5 Å². The van der Waals surface area contributed by atoms with Crippen molar-refractivity contribution >= 4 is 58.9 Å². The second-order valence-electron chi connectivity index (χ2n) is 9.95. The number of amides is 3. The van der Waals surface area contributed by atoms with Crippen molar-refractivity contribution in [3.63, 3.8) is 0 Å². The van der Waals surface area contributed by atoms with Crippen molar-refractivity contribution in [1.29, 1.82) is 0 Å². The number of nitrogens with one attached hydrogen (secondary N) is 2. The van der Waals surface area contributed by atoms with Gasteiger partial charge in [-0.3, -0.25) is 14.5 Å². The summed E-state index contributed by atoms with van der Waals surface area (Å²) in [5.74, 6) is -2.23. The molecule has 0 aromatic carbocycles. The van der Waals surface area contributed by atoms with E-state index in [4.69, 9.17) is 15.3 Å². The first-order chi connectivity index (χ1) is 20.4. The van der Waals surface area contributed by atoms with Crippen LogP contribution in [0.25, 0.3) is 0 Å². The van der Waals surface area contributed by atoms with Crippen molar-refractivity contribution in [3.05, 3.63) is 29.4 Å². The number of carbonyl (C=O) groups excluding carboxylic acids is 3. The molecule has 4 rings (SSSR count). The number of aliphatic carboxylic acids is 1. The summed E-state index contributed by atoms with van der Waals surface area (Å²) in [5.41, 5.74) is 5.06. The Labute approximate surface area is 253 Å². The third kappa shape index (κ3) is 7.49. The molecule has 1 fully saturated rings. The molecule has 5 N–H and O–H groups in total. The van der Waals surface area contributed by atoms with E-state index in [9.17, 15) is 24.3 Å². The summed E-state index contributed by atoms with van der Waals surface area (Å²) in [5, 5.41) is 30.1. The lowest BCUT2D eigenvalue weighted by Gasteiger charge is -2.49. The Morgan fingerprint density at radius 3 is 2.77 bits per heavy atom. The average Bonchev–Trinajstić information content (AvgIpc) is 3.38. The monoisotopic (exact) mass is 635 g/mol. The van der Waals surface area contributed by atoms with Crippen LogP contribution in [0.1, 0.15) is 26.6 Å². The van der Waals surface area contributed by atoms with Gasteiger partial charge in [-0.15, -0.1) is 16.9 Å². The fourth-order valence-electron chi connectivity index (χ4n) is 3.94. The Kier molecular flexibility index (Phi) is 9.69. The number of carboxylic acid groups (broad SMARTS) is 1. The number of hydrogen-bond donors (Lipinski definition) is 4. The number of aromatic nitrogens is 6. The van der Waals surface area contributed by atoms with E-state index in [1.807, 2.05) is 0 Å². The van der Waals surface area contributed by atoms with Crippen LogP contribution in [0.2, 0.25) is 0 Å². The number of β-lactam (4-membered cyclic amide) rings is 1. The molecule has 1 unspecified atom stereocenters. The number of alkyl carbamates (subject to hydrolysis) is 1. The largest absolute Gasteiger partial charge is 0.477 e. The Balaban J connectivity index is 1.40. The van der Waals surface area contributed by atoms with Gasteiger partial charge in [0.25, 0.3) is 11.8 Å². The number of tetrazole rings is 1. The van der Waals surface area contributed by atoms with Crippen molar-refractivity contribution in [2.24, 2.45) is 5.16 Å². The summed E-state index contributed by atoms with van der Waals surface area (Å²) in [6.07, 6.45) is 0.764. The van der Waals surface area contributed by atoms with E-state index in [1.54, 1.807) is 20.8 Å². The first kappa shape index (κ1) is 31.5. The number of nitrogens with two attached hydrogens (primary N) is 1. The summed E-state index contributed by atoms with van der Waals surface area (Å²) in [7, 11) is 1.23. The van der Waals surface area contributed by atoms with Crippen molar-refractivity contribution in [1.82, 2.24) is 45.7 Å². The quantitative estimate of drug-likeness (QED) is 0.105. The van der Waals surface area contributed by atoms with Gasteiger partial charge in [-0.05, 0) is 42.8 Å². The minimum absolute atomic E-state index is 0.100. The second-order valence-corrected chi connectivity index (χ2v) is 12.0. The normalized spacial score (nSPS) is 18.5. The number of anilines is 1. The molecule has 0 spiro atoms. The van der Waals surface area contributed by atoms with Gasteiger partial charge in [0, 0.05) is 24.2 Å². The number of fused-ring (bicyclic) bond motifs is 1. The van der Waals surface area contributed by atoms with Gasteiger partial charge in [-0.2, -0.15) is 0 Å². The van der Waals surface area contributed by atoms with Crippen LogP contribution in [0.5, 0.6) is 0 Å². The van der Waals surface area contributed by atoms with Gasteiger partial charge in [0.1, 0.15) is 35.6 Å². The zero-order valence-corrected chi connectivity index (χ0v) is 25.1. The standard InChI is InChI=1S/C23H29N11O7S2/c1-23(2,3)41-22(39)26-7-8-33-21(29-31-32-33)43-10-11-9-42-19-14(18(36)34(19)15(11)20(37)38)28-17(35)13(30-40-4)16-25-6-5-12(24)27-16/h5-6,14,19H,7-10H2,1-4H3,(H,26,39)(H,28,35)(H,37,38)(H2,24,25,27)/t14?,19-/m1/s1. The smallest absolute Gasteiger partial charge is 0.407 e. The molecule has 2 aromatic heterocycles. The number of carbonyl (C=O) groups is 4. The number of ether oxygens (including phenoxy) is 1. The van der Waals surface area contributed by atoms with Crippen LogP contribution >= 0.6 is 23.5 Å². The SMILES string of the molecule is CON=C(C(=O)NC1C(=O)N2C(C(=O)O)=C(CSc3nnnn3CCNC(=O)OC(C)(C)C)CS[C@H]12)c1nccc(N)n1. The van der Waals surface area contributed by atoms with Crippen LogP contribution in [0.4, 0.5) is 10.6 Å². The highest BCUT2D eigenvalue weighted by atomic mass is 32.2. The molecule has 43 heavy (non-hydrogen) atoms. The fourth-order valence-corrected chi connectivity index (χ4v) is 6.32. The third-order valence-electron chi connectivity index (χ3n) is 5.69. The zero-order valence-electron chi connectivity index (χ0n) is 23.5. The molecule has 0 radical (unpaired) electrons. The fraction of sp³-hybridized carbons (Fsp3) is 0.478. The molecule has 4 heterocycles. The van der Waals surface area contributed by atoms with Gasteiger partial charge >= 0.3 is 12.1 Å². The van der Waals surface area contributed by atoms with E-state index in [2.05, 4.69) is 41.3 Å². The summed E-state index contributed by atoms with van der Waals surface area (Å²) < 4.78 is 6.66. The molecule has 2 aromatic rings. The first-order valence-electron chi connectivity index (χ1n) is 12.7. The molecule has 20 heteroatoms. The van der Waals surface area contributed by atoms with Gasteiger partial charge in [-0.1, -0.05) is 16.9 Å². The lowest BCUT2D eigenvalue weighted by Crippen LogP contribution is -2.71. The molecular formula is C23H29N11O7S2. The predicted molar refractivity (Wildman–Crippen MR) is 152 cm³/mol. The number of nitrogen functional groups attached to an aromatic ring is 1. The number of hydrogen-bond acceptors (Lipinski definition) is 15. The van der Waals surface area contributed by atoms with E-state index >= 15 is 0 Å². The number of carboxylic acids is 1. The van der Waals surface area contributed by atoms with Crippen molar-refractivity contribution < 1.29 is 33.9 Å². The van der Waals surface area contributed by atoms with Gasteiger partial charge in [0.05, 0.1) is 6.54 Å². The molecule has 2 atom stereocenters. The maximum atomic E-state index is 13.1. The number of nitrogens with zero attached hydrogens (tertiary/aromatic N) is 8. The molecular weight excluding hydrogens is 606 g/mol. The highest BCUT2D eigenvalue weighted by molar-refractivity contribution is 8.01. The molecule has 2 aliphatic heterocycles. The summed E-state index contributed by atoms with van der Waals surface area (Å²) in [6.45, 7) is 5.71. The molecule has 0 aliphatic carbocycles.